The van der Waals surface area contributed by atoms with Crippen molar-refractivity contribution in [2.45, 2.75) is 13.1 Å². The van der Waals surface area contributed by atoms with Crippen molar-refractivity contribution in [1.29, 1.82) is 0 Å². The first-order valence-electron chi connectivity index (χ1n) is 9.09. The Morgan fingerprint density at radius 2 is 1.83 bits per heavy atom. The van der Waals surface area contributed by atoms with E-state index in [4.69, 9.17) is 5.73 Å². The second kappa shape index (κ2) is 8.06. The zero-order chi connectivity index (χ0) is 22.1. The molecule has 1 heterocycles. The molecular weight excluding hydrogens is 393 g/mol. The lowest BCUT2D eigenvalue weighted by atomic mass is 10.0. The molecule has 5 nitrogen and oxygen atoms in total. The minimum Gasteiger partial charge on any atom is -0.405 e. The molecule has 3 aromatic rings. The summed E-state index contributed by atoms with van der Waals surface area (Å²) >= 11 is 0. The lowest BCUT2D eigenvalue weighted by molar-refractivity contribution is -0.136. The van der Waals surface area contributed by atoms with Gasteiger partial charge in [-0.2, -0.15) is 13.2 Å². The van der Waals surface area contributed by atoms with Gasteiger partial charge in [0.05, 0.1) is 5.56 Å². The second-order valence-corrected chi connectivity index (χ2v) is 6.84. The molecule has 0 saturated heterocycles. The van der Waals surface area contributed by atoms with Gasteiger partial charge in [-0.05, 0) is 54.1 Å². The van der Waals surface area contributed by atoms with E-state index >= 15 is 0 Å². The number of alkyl halides is 3. The normalized spacial score (nSPS) is 12.7. The third kappa shape index (κ3) is 4.07. The predicted octanol–water partition coefficient (Wildman–Crippen LogP) is 4.65. The van der Waals surface area contributed by atoms with Crippen molar-refractivity contribution in [3.05, 3.63) is 66.0 Å². The first-order valence-corrected chi connectivity index (χ1v) is 9.09. The highest BCUT2D eigenvalue weighted by Gasteiger charge is 2.34. The Kier molecular flexibility index (Phi) is 5.69. The molecule has 156 valence electrons. The van der Waals surface area contributed by atoms with Crippen molar-refractivity contribution in [1.82, 2.24) is 4.57 Å². The number of halogens is 3. The number of anilines is 1. The van der Waals surface area contributed by atoms with Crippen molar-refractivity contribution in [2.75, 3.05) is 12.4 Å². The van der Waals surface area contributed by atoms with Gasteiger partial charge >= 0.3 is 6.18 Å². The van der Waals surface area contributed by atoms with Crippen LogP contribution in [0, 0.1) is 6.92 Å². The van der Waals surface area contributed by atoms with Gasteiger partial charge in [0.2, 0.25) is 0 Å². The summed E-state index contributed by atoms with van der Waals surface area (Å²) in [7, 11) is 3.09. The predicted molar refractivity (Wildman–Crippen MR) is 113 cm³/mol. The number of hydrogen-bond acceptors (Lipinski definition) is 3. The van der Waals surface area contributed by atoms with Gasteiger partial charge in [-0.25, -0.2) is 0 Å². The van der Waals surface area contributed by atoms with Crippen molar-refractivity contribution >= 4 is 28.2 Å². The number of aliphatic imine (C=N–C) groups is 1. The molecule has 0 aliphatic rings. The highest BCUT2D eigenvalue weighted by molar-refractivity contribution is 6.47. The van der Waals surface area contributed by atoms with Crippen LogP contribution >= 0.6 is 0 Å². The number of nitrogens with one attached hydrogen (secondary N) is 1. The summed E-state index contributed by atoms with van der Waals surface area (Å²) in [6.45, 7) is 1.84. The molecule has 2 aromatic carbocycles. The molecule has 0 aliphatic carbocycles. The smallest absolute Gasteiger partial charge is 0.405 e. The van der Waals surface area contributed by atoms with Gasteiger partial charge in [0.15, 0.2) is 0 Å². The molecule has 0 unspecified atom stereocenters. The third-order valence-electron chi connectivity index (χ3n) is 4.83. The molecule has 30 heavy (non-hydrogen) atoms. The van der Waals surface area contributed by atoms with Crippen LogP contribution < -0.4 is 11.1 Å². The van der Waals surface area contributed by atoms with Gasteiger partial charge in [0.1, 0.15) is 5.71 Å². The van der Waals surface area contributed by atoms with Crippen molar-refractivity contribution in [3.63, 3.8) is 0 Å². The van der Waals surface area contributed by atoms with Crippen molar-refractivity contribution in [3.8, 4) is 11.1 Å². The molecule has 0 bridgehead atoms. The van der Waals surface area contributed by atoms with Crippen LogP contribution in [0.25, 0.3) is 22.0 Å². The Morgan fingerprint density at radius 3 is 2.43 bits per heavy atom. The zero-order valence-corrected chi connectivity index (χ0v) is 16.7. The number of benzene rings is 2. The molecule has 8 heteroatoms. The lowest BCUT2D eigenvalue weighted by Crippen LogP contribution is -2.22. The summed E-state index contributed by atoms with van der Waals surface area (Å²) in [6.07, 6.45) is -0.663. The fourth-order valence-corrected chi connectivity index (χ4v) is 3.30. The standard InChI is InChI=1S/C22H21F3N4O/c1-13-10-14(5-7-18(13)28-21(30)19(27-2)8-9-26)15-4-6-16-17(22(23,24)25)12-29(3)20(16)11-15/h4-12H,26H2,1-3H3,(H,28,30). The fraction of sp³-hybridized carbons (Fsp3) is 0.182. The molecule has 0 spiro atoms. The van der Waals surface area contributed by atoms with Crippen LogP contribution in [0.4, 0.5) is 18.9 Å². The Hall–Kier alpha value is -3.55. The van der Waals surface area contributed by atoms with E-state index in [1.807, 2.05) is 13.0 Å². The van der Waals surface area contributed by atoms with E-state index < -0.39 is 11.7 Å². The highest BCUT2D eigenvalue weighted by Crippen LogP contribution is 2.37. The number of amides is 1. The van der Waals surface area contributed by atoms with Crippen LogP contribution in [0.5, 0.6) is 0 Å². The molecule has 0 fully saturated rings. The summed E-state index contributed by atoms with van der Waals surface area (Å²) < 4.78 is 41.1. The molecular formula is C22H21F3N4O. The van der Waals surface area contributed by atoms with E-state index in [9.17, 15) is 18.0 Å². The Labute approximate surface area is 171 Å². The van der Waals surface area contributed by atoms with E-state index in [0.717, 1.165) is 22.9 Å². The summed E-state index contributed by atoms with van der Waals surface area (Å²) in [4.78, 5) is 16.1. The van der Waals surface area contributed by atoms with E-state index in [1.165, 1.54) is 30.0 Å². The van der Waals surface area contributed by atoms with Crippen LogP contribution in [0.1, 0.15) is 11.1 Å². The number of hydrogen-bond donors (Lipinski definition) is 2. The van der Waals surface area contributed by atoms with Gasteiger partial charge in [-0.1, -0.05) is 18.2 Å². The van der Waals surface area contributed by atoms with Crippen LogP contribution in [0.3, 0.4) is 0 Å². The van der Waals surface area contributed by atoms with Gasteiger partial charge in [0, 0.05) is 36.9 Å². The lowest BCUT2D eigenvalue weighted by Gasteiger charge is -2.11. The van der Waals surface area contributed by atoms with Crippen molar-refractivity contribution < 1.29 is 18.0 Å². The number of aryl methyl sites for hydroxylation is 2. The van der Waals surface area contributed by atoms with Crippen molar-refractivity contribution in [2.24, 2.45) is 17.8 Å². The van der Waals surface area contributed by atoms with E-state index in [-0.39, 0.29) is 17.0 Å². The fourth-order valence-electron chi connectivity index (χ4n) is 3.30. The molecule has 0 aliphatic heterocycles. The van der Waals surface area contributed by atoms with E-state index in [2.05, 4.69) is 10.3 Å². The third-order valence-corrected chi connectivity index (χ3v) is 4.83. The average Bonchev–Trinajstić information content (AvgIpc) is 3.04. The molecule has 3 rings (SSSR count). The maximum absolute atomic E-state index is 13.2. The Balaban J connectivity index is 1.94. The SMILES string of the molecule is CN=C(C=CN)C(=O)Nc1ccc(-c2ccc3c(C(F)(F)F)cn(C)c3c2)cc1C. The number of nitrogens with zero attached hydrogens (tertiary/aromatic N) is 2. The first-order chi connectivity index (χ1) is 14.2. The van der Waals surface area contributed by atoms with Gasteiger partial charge in [-0.15, -0.1) is 0 Å². The number of carbonyl (C=O) groups is 1. The maximum Gasteiger partial charge on any atom is 0.418 e. The average molecular weight is 414 g/mol. The van der Waals surface area contributed by atoms with Gasteiger partial charge < -0.3 is 15.6 Å². The van der Waals surface area contributed by atoms with Gasteiger partial charge in [-0.3, -0.25) is 9.79 Å². The number of nitrogens with two attached hydrogens (primary N) is 1. The van der Waals surface area contributed by atoms with E-state index in [1.54, 1.807) is 31.3 Å². The number of aromatic nitrogens is 1. The van der Waals surface area contributed by atoms with Crippen LogP contribution in [0.2, 0.25) is 0 Å². The highest BCUT2D eigenvalue weighted by atomic mass is 19.4. The maximum atomic E-state index is 13.2. The number of fused-ring (bicyclic) bond motifs is 1. The van der Waals surface area contributed by atoms with Crippen LogP contribution in [-0.2, 0) is 18.0 Å². The monoisotopic (exact) mass is 414 g/mol. The second-order valence-electron chi connectivity index (χ2n) is 6.84. The summed E-state index contributed by atoms with van der Waals surface area (Å²) in [5.41, 5.74) is 8.36. The Bertz CT molecular complexity index is 1170. The molecule has 0 saturated carbocycles. The van der Waals surface area contributed by atoms with Crippen LogP contribution in [0.15, 0.2) is 59.9 Å². The minimum atomic E-state index is -4.41. The molecule has 3 N–H and O–H groups in total. The topological polar surface area (TPSA) is 72.4 Å². The number of carbonyl (C=O) groups excluding carboxylic acids is 1. The van der Waals surface area contributed by atoms with Crippen LogP contribution in [-0.4, -0.2) is 23.2 Å². The Morgan fingerprint density at radius 1 is 1.17 bits per heavy atom. The summed E-state index contributed by atoms with van der Waals surface area (Å²) in [5.74, 6) is -0.389. The largest absolute Gasteiger partial charge is 0.418 e. The number of rotatable bonds is 4. The first kappa shape index (κ1) is 21.2. The van der Waals surface area contributed by atoms with E-state index in [0.29, 0.717) is 11.2 Å². The molecule has 0 radical (unpaired) electrons. The molecule has 1 aromatic heterocycles. The zero-order valence-electron chi connectivity index (χ0n) is 16.7. The molecule has 1 amide bonds. The quantitative estimate of drug-likeness (QED) is 0.610. The summed E-state index contributed by atoms with van der Waals surface area (Å²) in [6, 6.07) is 10.3. The molecule has 0 atom stereocenters. The minimum absolute atomic E-state index is 0.161. The summed E-state index contributed by atoms with van der Waals surface area (Å²) in [5, 5.41) is 2.94. The van der Waals surface area contributed by atoms with Gasteiger partial charge in [0.25, 0.3) is 5.91 Å².